The van der Waals surface area contributed by atoms with Gasteiger partial charge in [-0.25, -0.2) is 4.98 Å². The van der Waals surface area contributed by atoms with Crippen molar-refractivity contribution in [2.75, 3.05) is 53.1 Å². The molecule has 0 saturated heterocycles. The maximum atomic E-state index is 13.4. The number of methoxy groups -OCH3 is 2. The summed E-state index contributed by atoms with van der Waals surface area (Å²) < 4.78 is 22.6. The van der Waals surface area contributed by atoms with Gasteiger partial charge in [-0.3, -0.25) is 9.69 Å². The van der Waals surface area contributed by atoms with E-state index < -0.39 is 0 Å². The number of thiazole rings is 1. The van der Waals surface area contributed by atoms with Gasteiger partial charge in [0.25, 0.3) is 0 Å². The molecule has 2 heterocycles. The van der Waals surface area contributed by atoms with Crippen LogP contribution in [0.4, 0.5) is 5.13 Å². The summed E-state index contributed by atoms with van der Waals surface area (Å²) in [5.74, 6) is 2.67. The SMILES string of the molecule is COc1ccc(OC)c2sc(N(CCN(C)C)C(=O)Cc3ccc4c(c3)OCO4)nc12. The summed E-state index contributed by atoms with van der Waals surface area (Å²) in [5, 5.41) is 0.616. The lowest BCUT2D eigenvalue weighted by atomic mass is 10.1. The standard InChI is InChI=1S/C22H25N3O5S/c1-24(2)9-10-25(19(26)12-14-5-6-15-18(11-14)30-13-29-15)22-23-20-16(27-3)7-8-17(28-4)21(20)31-22/h5-8,11H,9-10,12-13H2,1-4H3. The molecule has 31 heavy (non-hydrogen) atoms. The Balaban J connectivity index is 1.66. The largest absolute Gasteiger partial charge is 0.495 e. The first-order valence-corrected chi connectivity index (χ1v) is 10.7. The third-order valence-electron chi connectivity index (χ3n) is 4.99. The fourth-order valence-electron chi connectivity index (χ4n) is 3.34. The molecule has 2 aromatic carbocycles. The van der Waals surface area contributed by atoms with Crippen molar-refractivity contribution in [2.45, 2.75) is 6.42 Å². The molecule has 0 radical (unpaired) electrons. The lowest BCUT2D eigenvalue weighted by Gasteiger charge is -2.22. The molecule has 164 valence electrons. The number of amides is 1. The normalized spacial score (nSPS) is 12.4. The highest BCUT2D eigenvalue weighted by molar-refractivity contribution is 7.22. The molecule has 1 amide bonds. The molecule has 1 aromatic heterocycles. The fourth-order valence-corrected chi connectivity index (χ4v) is 4.46. The number of carbonyl (C=O) groups is 1. The molecule has 4 rings (SSSR count). The summed E-state index contributed by atoms with van der Waals surface area (Å²) in [6, 6.07) is 9.25. The zero-order valence-corrected chi connectivity index (χ0v) is 18.8. The Morgan fingerprint density at radius 3 is 2.55 bits per heavy atom. The van der Waals surface area contributed by atoms with E-state index >= 15 is 0 Å². The average Bonchev–Trinajstić information content (AvgIpc) is 3.39. The molecule has 0 bridgehead atoms. The van der Waals surface area contributed by atoms with Gasteiger partial charge in [0.15, 0.2) is 16.6 Å². The molecule has 0 spiro atoms. The smallest absolute Gasteiger partial charge is 0.233 e. The van der Waals surface area contributed by atoms with Gasteiger partial charge in [-0.1, -0.05) is 17.4 Å². The van der Waals surface area contributed by atoms with E-state index in [4.69, 9.17) is 23.9 Å². The number of ether oxygens (including phenoxy) is 4. The third kappa shape index (κ3) is 4.38. The molecule has 8 nitrogen and oxygen atoms in total. The highest BCUT2D eigenvalue weighted by atomic mass is 32.1. The molecule has 0 aliphatic carbocycles. The molecule has 0 N–H and O–H groups in total. The van der Waals surface area contributed by atoms with Crippen LogP contribution < -0.4 is 23.8 Å². The number of benzene rings is 2. The maximum absolute atomic E-state index is 13.4. The van der Waals surface area contributed by atoms with Crippen molar-refractivity contribution in [2.24, 2.45) is 0 Å². The van der Waals surface area contributed by atoms with E-state index in [1.54, 1.807) is 19.1 Å². The first kappa shape index (κ1) is 21.2. The van der Waals surface area contributed by atoms with E-state index in [2.05, 4.69) is 0 Å². The van der Waals surface area contributed by atoms with Gasteiger partial charge in [-0.15, -0.1) is 0 Å². The molecule has 3 aromatic rings. The van der Waals surface area contributed by atoms with Crippen molar-refractivity contribution in [3.8, 4) is 23.0 Å². The van der Waals surface area contributed by atoms with Crippen molar-refractivity contribution in [3.63, 3.8) is 0 Å². The minimum atomic E-state index is -0.0438. The Morgan fingerprint density at radius 2 is 1.81 bits per heavy atom. The molecule has 0 fully saturated rings. The second-order valence-corrected chi connectivity index (χ2v) is 8.33. The summed E-state index contributed by atoms with van der Waals surface area (Å²) >= 11 is 1.42. The van der Waals surface area contributed by atoms with Crippen LogP contribution in [0.25, 0.3) is 10.2 Å². The predicted molar refractivity (Wildman–Crippen MR) is 120 cm³/mol. The minimum absolute atomic E-state index is 0.0438. The van der Waals surface area contributed by atoms with Gasteiger partial charge in [0.1, 0.15) is 21.7 Å². The Kier molecular flexibility index (Phi) is 6.15. The van der Waals surface area contributed by atoms with Crippen LogP contribution in [0.15, 0.2) is 30.3 Å². The highest BCUT2D eigenvalue weighted by Crippen LogP contribution is 2.40. The molecule has 1 aliphatic heterocycles. The molecule has 9 heteroatoms. The van der Waals surface area contributed by atoms with Crippen molar-refractivity contribution < 1.29 is 23.7 Å². The Hall–Kier alpha value is -3.04. The number of nitrogens with zero attached hydrogens (tertiary/aromatic N) is 3. The second-order valence-electron chi connectivity index (χ2n) is 7.36. The predicted octanol–water partition coefficient (Wildman–Crippen LogP) is 3.18. The Morgan fingerprint density at radius 1 is 1.06 bits per heavy atom. The zero-order chi connectivity index (χ0) is 22.0. The van der Waals surface area contributed by atoms with Gasteiger partial charge in [0.2, 0.25) is 12.7 Å². The quantitative estimate of drug-likeness (QED) is 0.529. The van der Waals surface area contributed by atoms with Crippen LogP contribution in [-0.4, -0.2) is 64.0 Å². The van der Waals surface area contributed by atoms with Gasteiger partial charge in [0, 0.05) is 13.1 Å². The average molecular weight is 444 g/mol. The van der Waals surface area contributed by atoms with Gasteiger partial charge >= 0.3 is 0 Å². The molecule has 0 atom stereocenters. The number of aromatic nitrogens is 1. The summed E-state index contributed by atoms with van der Waals surface area (Å²) in [6.07, 6.45) is 0.230. The maximum Gasteiger partial charge on any atom is 0.233 e. The minimum Gasteiger partial charge on any atom is -0.495 e. The molecule has 0 saturated carbocycles. The first-order valence-electron chi connectivity index (χ1n) is 9.85. The van der Waals surface area contributed by atoms with E-state index in [0.717, 1.165) is 10.3 Å². The number of likely N-dealkylation sites (N-methyl/N-ethyl adjacent to an activating group) is 1. The van der Waals surface area contributed by atoms with Crippen LogP contribution in [0.3, 0.4) is 0 Å². The van der Waals surface area contributed by atoms with Crippen molar-refractivity contribution in [1.29, 1.82) is 0 Å². The van der Waals surface area contributed by atoms with Crippen LogP contribution in [0, 0.1) is 0 Å². The van der Waals surface area contributed by atoms with Gasteiger partial charge in [-0.05, 0) is 43.9 Å². The van der Waals surface area contributed by atoms with Crippen LogP contribution in [0.1, 0.15) is 5.56 Å². The number of hydrogen-bond acceptors (Lipinski definition) is 8. The Labute approximate surface area is 184 Å². The van der Waals surface area contributed by atoms with E-state index in [1.165, 1.54) is 11.3 Å². The van der Waals surface area contributed by atoms with E-state index in [-0.39, 0.29) is 19.1 Å². The molecule has 0 unspecified atom stereocenters. The first-order chi connectivity index (χ1) is 15.0. The zero-order valence-electron chi connectivity index (χ0n) is 18.0. The number of carbonyl (C=O) groups excluding carboxylic acids is 1. The number of hydrogen-bond donors (Lipinski definition) is 0. The van der Waals surface area contributed by atoms with Crippen LogP contribution in [-0.2, 0) is 11.2 Å². The van der Waals surface area contributed by atoms with E-state index in [0.29, 0.717) is 46.7 Å². The number of rotatable bonds is 8. The van der Waals surface area contributed by atoms with E-state index in [1.807, 2.05) is 49.3 Å². The van der Waals surface area contributed by atoms with Crippen LogP contribution in [0.5, 0.6) is 23.0 Å². The lowest BCUT2D eigenvalue weighted by molar-refractivity contribution is -0.118. The second kappa shape index (κ2) is 8.99. The van der Waals surface area contributed by atoms with Crippen LogP contribution >= 0.6 is 11.3 Å². The van der Waals surface area contributed by atoms with Gasteiger partial charge in [-0.2, -0.15) is 0 Å². The topological polar surface area (TPSA) is 73.4 Å². The fraction of sp³-hybridized carbons (Fsp3) is 0.364. The summed E-state index contributed by atoms with van der Waals surface area (Å²) in [7, 11) is 7.18. The van der Waals surface area contributed by atoms with Crippen molar-refractivity contribution in [1.82, 2.24) is 9.88 Å². The van der Waals surface area contributed by atoms with E-state index in [9.17, 15) is 4.79 Å². The Bertz CT molecular complexity index is 1060. The summed E-state index contributed by atoms with van der Waals surface area (Å²) in [6.45, 7) is 1.43. The third-order valence-corrected chi connectivity index (χ3v) is 6.09. The van der Waals surface area contributed by atoms with Gasteiger partial charge < -0.3 is 23.8 Å². The lowest BCUT2D eigenvalue weighted by Crippen LogP contribution is -2.37. The summed E-state index contributed by atoms with van der Waals surface area (Å²) in [4.78, 5) is 21.9. The summed E-state index contributed by atoms with van der Waals surface area (Å²) in [5.41, 5.74) is 1.55. The number of anilines is 1. The molecular formula is C22H25N3O5S. The van der Waals surface area contributed by atoms with Crippen molar-refractivity contribution >= 4 is 32.6 Å². The van der Waals surface area contributed by atoms with Gasteiger partial charge in [0.05, 0.1) is 20.6 Å². The molecular weight excluding hydrogens is 418 g/mol. The highest BCUT2D eigenvalue weighted by Gasteiger charge is 2.23. The molecule has 1 aliphatic rings. The number of fused-ring (bicyclic) bond motifs is 2. The monoisotopic (exact) mass is 443 g/mol. The van der Waals surface area contributed by atoms with Crippen molar-refractivity contribution in [3.05, 3.63) is 35.9 Å². The van der Waals surface area contributed by atoms with Crippen LogP contribution in [0.2, 0.25) is 0 Å².